The molecule has 0 aliphatic heterocycles. The molecule has 0 amide bonds. The topological polar surface area (TPSA) is 66.0 Å². The highest BCUT2D eigenvalue weighted by atomic mass is 127. The second kappa shape index (κ2) is 8.20. The van der Waals surface area contributed by atoms with Crippen LogP contribution in [0.3, 0.4) is 0 Å². The number of ether oxygens (including phenoxy) is 1. The van der Waals surface area contributed by atoms with E-state index < -0.39 is 0 Å². The van der Waals surface area contributed by atoms with Crippen molar-refractivity contribution in [3.63, 3.8) is 0 Å². The number of fused-ring (bicyclic) bond motifs is 1. The molecule has 2 N–H and O–H groups in total. The van der Waals surface area contributed by atoms with Gasteiger partial charge in [-0.25, -0.2) is 9.97 Å². The molecule has 0 bridgehead atoms. The molecule has 0 aliphatic rings. The summed E-state index contributed by atoms with van der Waals surface area (Å²) in [5.74, 6) is 0.435. The highest BCUT2D eigenvalue weighted by Gasteiger charge is 2.14. The van der Waals surface area contributed by atoms with Gasteiger partial charge in [0.05, 0.1) is 12.8 Å². The third-order valence-corrected chi connectivity index (χ3v) is 5.17. The molecule has 3 heterocycles. The Morgan fingerprint density at radius 2 is 2.00 bits per heavy atom. The predicted molar refractivity (Wildman–Crippen MR) is 110 cm³/mol. The van der Waals surface area contributed by atoms with E-state index in [4.69, 9.17) is 10.5 Å². The first-order valence-corrected chi connectivity index (χ1v) is 11.0. The van der Waals surface area contributed by atoms with Crippen molar-refractivity contribution in [1.82, 2.24) is 13.9 Å². The highest BCUT2D eigenvalue weighted by Crippen LogP contribution is 2.36. The van der Waals surface area contributed by atoms with Crippen molar-refractivity contribution in [2.75, 3.05) is 12.8 Å². The largest absolute Gasteiger partial charge is 0.480 e. The Hall–Kier alpha value is -1.00. The first-order valence-electron chi connectivity index (χ1n) is 6.89. The molecule has 0 unspecified atom stereocenters. The lowest BCUT2D eigenvalue weighted by Crippen LogP contribution is -1.95. The summed E-state index contributed by atoms with van der Waals surface area (Å²) in [6, 6.07) is 3.91. The molecule has 0 radical (unpaired) electrons. The monoisotopic (exact) mass is 506 g/mol. The summed E-state index contributed by atoms with van der Waals surface area (Å²) in [6.45, 7) is 4.00. The van der Waals surface area contributed by atoms with Crippen LogP contribution < -0.4 is 10.5 Å². The lowest BCUT2D eigenvalue weighted by atomic mass is 10.1. The van der Waals surface area contributed by atoms with Crippen molar-refractivity contribution in [2.45, 2.75) is 13.8 Å². The molecule has 0 fully saturated rings. The number of methoxy groups -OCH3 is 1. The van der Waals surface area contributed by atoms with Crippen LogP contribution in [0.4, 0.5) is 5.69 Å². The third-order valence-electron chi connectivity index (χ3n) is 3.04. The quantitative estimate of drug-likeness (QED) is 0.486. The number of nitrogens with zero attached hydrogens (tertiary/aromatic N) is 3. The fraction of sp³-hybridized carbons (Fsp3) is 0.200. The second-order valence-corrected chi connectivity index (χ2v) is 6.91. The van der Waals surface area contributed by atoms with E-state index >= 15 is 0 Å². The number of nitrogen functional groups attached to an aromatic ring is 1. The minimum atomic E-state index is 0.435. The van der Waals surface area contributed by atoms with E-state index in [1.54, 1.807) is 28.6 Å². The van der Waals surface area contributed by atoms with Crippen molar-refractivity contribution in [3.05, 3.63) is 35.2 Å². The maximum Gasteiger partial charge on any atom is 0.236 e. The fourth-order valence-corrected chi connectivity index (χ4v) is 3.71. The van der Waals surface area contributed by atoms with Gasteiger partial charge in [0.15, 0.2) is 5.65 Å². The number of rotatable bonds is 3. The molecule has 0 atom stereocenters. The van der Waals surface area contributed by atoms with Crippen LogP contribution in [0, 0.1) is 0 Å². The molecule has 122 valence electrons. The van der Waals surface area contributed by atoms with Gasteiger partial charge in [0.1, 0.15) is 0 Å². The Kier molecular flexibility index (Phi) is 6.54. The zero-order valence-corrected chi connectivity index (χ0v) is 17.4. The first-order chi connectivity index (χ1) is 11.1. The Bertz CT molecular complexity index is 825. The van der Waals surface area contributed by atoms with Crippen LogP contribution in [0.15, 0.2) is 35.2 Å². The van der Waals surface area contributed by atoms with Gasteiger partial charge in [-0.05, 0) is 28.1 Å². The second-order valence-electron chi connectivity index (χ2n) is 4.28. The van der Waals surface area contributed by atoms with Crippen LogP contribution in [-0.2, 0) is 0 Å². The van der Waals surface area contributed by atoms with E-state index in [1.807, 2.05) is 36.1 Å². The molecular weight excluding hydrogens is 491 g/mol. The van der Waals surface area contributed by atoms with E-state index in [-0.39, 0.29) is 0 Å². The number of anilines is 1. The summed E-state index contributed by atoms with van der Waals surface area (Å²) in [5.41, 5.74) is 9.34. The molecular formula is C15H16BrIN4OS. The van der Waals surface area contributed by atoms with Crippen LogP contribution in [0.1, 0.15) is 13.8 Å². The summed E-state index contributed by atoms with van der Waals surface area (Å²) >= 11 is 5.70. The Morgan fingerprint density at radius 1 is 1.26 bits per heavy atom. The number of nitrogens with two attached hydrogens (primary N) is 1. The smallest absolute Gasteiger partial charge is 0.236 e. The van der Waals surface area contributed by atoms with Gasteiger partial charge >= 0.3 is 0 Å². The number of pyridine rings is 2. The molecule has 23 heavy (non-hydrogen) atoms. The van der Waals surface area contributed by atoms with Gasteiger partial charge in [-0.3, -0.25) is 3.97 Å². The molecule has 3 aromatic heterocycles. The van der Waals surface area contributed by atoms with Crippen LogP contribution in [0.5, 0.6) is 5.88 Å². The van der Waals surface area contributed by atoms with Gasteiger partial charge < -0.3 is 10.5 Å². The van der Waals surface area contributed by atoms with E-state index in [0.717, 1.165) is 26.6 Å². The van der Waals surface area contributed by atoms with E-state index in [1.165, 1.54) is 0 Å². The van der Waals surface area contributed by atoms with E-state index in [9.17, 15) is 0 Å². The summed E-state index contributed by atoms with van der Waals surface area (Å²) in [4.78, 5) is 8.71. The summed E-state index contributed by atoms with van der Waals surface area (Å²) in [5, 5.41) is 1.04. The van der Waals surface area contributed by atoms with Crippen LogP contribution in [0.2, 0.25) is 0 Å². The summed E-state index contributed by atoms with van der Waals surface area (Å²) < 4.78 is 8.05. The molecule has 0 saturated heterocycles. The lowest BCUT2D eigenvalue weighted by molar-refractivity contribution is 0.400. The maximum atomic E-state index is 5.96. The highest BCUT2D eigenvalue weighted by molar-refractivity contribution is 14.2. The number of hydrogen-bond donors (Lipinski definition) is 1. The molecule has 3 rings (SSSR count). The summed E-state index contributed by atoms with van der Waals surface area (Å²) in [6.07, 6.45) is 5.58. The van der Waals surface area contributed by atoms with E-state index in [0.29, 0.717) is 11.6 Å². The predicted octanol–water partition coefficient (Wildman–Crippen LogP) is 5.32. The zero-order chi connectivity index (χ0) is 17.0. The van der Waals surface area contributed by atoms with Gasteiger partial charge in [-0.1, -0.05) is 13.8 Å². The van der Waals surface area contributed by atoms with Crippen LogP contribution in [-0.4, -0.2) is 21.1 Å². The average molecular weight is 507 g/mol. The SMILES string of the molecule is CC.COc1ncc(-c2cn(SI)c3ncc(Br)cc23)cc1N. The molecule has 0 saturated carbocycles. The van der Waals surface area contributed by atoms with Gasteiger partial charge in [0, 0.05) is 69.9 Å². The number of halogens is 2. The minimum absolute atomic E-state index is 0.435. The minimum Gasteiger partial charge on any atom is -0.480 e. The first kappa shape index (κ1) is 18.3. The van der Waals surface area contributed by atoms with Crippen molar-refractivity contribution in [3.8, 4) is 17.0 Å². The van der Waals surface area contributed by atoms with Crippen LogP contribution >= 0.6 is 46.3 Å². The van der Waals surface area contributed by atoms with Crippen molar-refractivity contribution >= 4 is 63.0 Å². The summed E-state index contributed by atoms with van der Waals surface area (Å²) in [7, 11) is 3.12. The van der Waals surface area contributed by atoms with E-state index in [2.05, 4.69) is 47.1 Å². The van der Waals surface area contributed by atoms with Crippen molar-refractivity contribution in [1.29, 1.82) is 0 Å². The third kappa shape index (κ3) is 3.74. The molecule has 0 aliphatic carbocycles. The van der Waals surface area contributed by atoms with Crippen LogP contribution in [0.25, 0.3) is 22.2 Å². The molecule has 0 aromatic carbocycles. The molecule has 8 heteroatoms. The molecule has 0 spiro atoms. The average Bonchev–Trinajstić information content (AvgIpc) is 2.94. The zero-order valence-electron chi connectivity index (χ0n) is 12.9. The normalized spacial score (nSPS) is 10.3. The molecule has 3 aromatic rings. The van der Waals surface area contributed by atoms with Crippen molar-refractivity contribution in [2.24, 2.45) is 0 Å². The maximum absolute atomic E-state index is 5.96. The molecule has 5 nitrogen and oxygen atoms in total. The number of aromatic nitrogens is 3. The van der Waals surface area contributed by atoms with Gasteiger partial charge in [-0.15, -0.1) is 0 Å². The Morgan fingerprint density at radius 3 is 2.61 bits per heavy atom. The van der Waals surface area contributed by atoms with Gasteiger partial charge in [-0.2, -0.15) is 0 Å². The van der Waals surface area contributed by atoms with Gasteiger partial charge in [0.25, 0.3) is 0 Å². The fourth-order valence-electron chi connectivity index (χ4n) is 2.12. The number of hydrogen-bond acceptors (Lipinski definition) is 5. The van der Waals surface area contributed by atoms with Crippen molar-refractivity contribution < 1.29 is 4.74 Å². The Labute approximate surface area is 159 Å². The lowest BCUT2D eigenvalue weighted by Gasteiger charge is -2.05. The standard InChI is InChI=1S/C13H10BrIN4OS.C2H6/c1-20-13-11(16)2-7(4-18-13)10-6-19(21-15)12-9(10)3-8(14)5-17-12;1-2/h2-6H,16H2,1H3;1-2H3. The Balaban J connectivity index is 0.000000924. The van der Waals surface area contributed by atoms with Gasteiger partial charge in [0.2, 0.25) is 5.88 Å².